The fourth-order valence-electron chi connectivity index (χ4n) is 1.75. The van der Waals surface area contributed by atoms with E-state index in [1.165, 1.54) is 12.1 Å². The zero-order valence-corrected chi connectivity index (χ0v) is 10.5. The lowest BCUT2D eigenvalue weighted by Crippen LogP contribution is -2.37. The molecule has 1 rings (SSSR count). The number of likely N-dealkylation sites (N-methyl/N-ethyl adjacent to an activating group) is 1. The maximum atomic E-state index is 12.7. The number of hydrogen-bond donors (Lipinski definition) is 2. The first-order valence-electron chi connectivity index (χ1n) is 5.87. The Morgan fingerprint density at radius 1 is 1.44 bits per heavy atom. The Bertz CT molecular complexity index is 381. The van der Waals surface area contributed by atoms with E-state index < -0.39 is 5.97 Å². The number of carboxylic acid groups (broad SMARTS) is 1. The summed E-state index contributed by atoms with van der Waals surface area (Å²) in [6, 6.07) is 6.01. The molecule has 1 aromatic rings. The normalized spacial score (nSPS) is 12.7. The van der Waals surface area contributed by atoms with Crippen LogP contribution in [-0.4, -0.2) is 42.2 Å². The highest BCUT2D eigenvalue weighted by Gasteiger charge is 2.10. The monoisotopic (exact) mass is 254 g/mol. The van der Waals surface area contributed by atoms with Gasteiger partial charge in [-0.15, -0.1) is 0 Å². The van der Waals surface area contributed by atoms with Crippen molar-refractivity contribution in [3.63, 3.8) is 0 Å². The molecule has 0 aliphatic heterocycles. The van der Waals surface area contributed by atoms with Crippen molar-refractivity contribution in [2.24, 2.45) is 5.73 Å². The summed E-state index contributed by atoms with van der Waals surface area (Å²) in [5, 5.41) is 8.60. The fourth-order valence-corrected chi connectivity index (χ4v) is 1.75. The van der Waals surface area contributed by atoms with Crippen molar-refractivity contribution >= 4 is 5.97 Å². The van der Waals surface area contributed by atoms with Gasteiger partial charge in [-0.05, 0) is 31.2 Å². The third-order valence-corrected chi connectivity index (χ3v) is 2.68. The van der Waals surface area contributed by atoms with Gasteiger partial charge in [0.15, 0.2) is 0 Å². The van der Waals surface area contributed by atoms with Crippen LogP contribution >= 0.6 is 0 Å². The number of hydrogen-bond acceptors (Lipinski definition) is 3. The topological polar surface area (TPSA) is 66.6 Å². The first kappa shape index (κ1) is 14.6. The van der Waals surface area contributed by atoms with Crippen molar-refractivity contribution in [1.29, 1.82) is 0 Å². The van der Waals surface area contributed by atoms with Crippen LogP contribution in [0.2, 0.25) is 0 Å². The predicted molar refractivity (Wildman–Crippen MR) is 67.8 cm³/mol. The molecule has 0 fully saturated rings. The minimum atomic E-state index is -0.880. The maximum Gasteiger partial charge on any atom is 0.304 e. The molecule has 1 unspecified atom stereocenters. The van der Waals surface area contributed by atoms with E-state index in [4.69, 9.17) is 10.8 Å². The molecule has 5 heteroatoms. The van der Waals surface area contributed by atoms with Crippen molar-refractivity contribution < 1.29 is 14.3 Å². The summed E-state index contributed by atoms with van der Waals surface area (Å²) in [7, 11) is 1.89. The molecule has 0 aromatic heterocycles. The van der Waals surface area contributed by atoms with Gasteiger partial charge in [0, 0.05) is 19.1 Å². The number of nitrogens with zero attached hydrogens (tertiary/aromatic N) is 1. The van der Waals surface area contributed by atoms with Crippen molar-refractivity contribution in [2.75, 3.05) is 20.1 Å². The summed E-state index contributed by atoms with van der Waals surface area (Å²) >= 11 is 0. The average Bonchev–Trinajstić information content (AvgIpc) is 2.27. The molecule has 1 aromatic carbocycles. The maximum absolute atomic E-state index is 12.7. The van der Waals surface area contributed by atoms with Crippen LogP contribution in [0.3, 0.4) is 0 Å². The number of carboxylic acids is 1. The lowest BCUT2D eigenvalue weighted by Gasteiger charge is -2.20. The highest BCUT2D eigenvalue weighted by molar-refractivity contribution is 5.67. The van der Waals surface area contributed by atoms with Gasteiger partial charge >= 0.3 is 5.97 Å². The van der Waals surface area contributed by atoms with Crippen LogP contribution in [-0.2, 0) is 11.2 Å². The molecule has 0 spiro atoms. The Balaban J connectivity index is 2.30. The van der Waals surface area contributed by atoms with Crippen molar-refractivity contribution in [1.82, 2.24) is 4.90 Å². The highest BCUT2D eigenvalue weighted by atomic mass is 19.1. The van der Waals surface area contributed by atoms with Crippen molar-refractivity contribution in [2.45, 2.75) is 18.9 Å². The lowest BCUT2D eigenvalue weighted by atomic mass is 10.1. The zero-order valence-electron chi connectivity index (χ0n) is 10.5. The molecule has 0 saturated heterocycles. The molecule has 4 nitrogen and oxygen atoms in total. The molecule has 0 aliphatic carbocycles. The second-order valence-electron chi connectivity index (χ2n) is 4.50. The van der Waals surface area contributed by atoms with Gasteiger partial charge in [-0.1, -0.05) is 12.1 Å². The van der Waals surface area contributed by atoms with Gasteiger partial charge in [0.25, 0.3) is 0 Å². The Hall–Kier alpha value is -1.46. The van der Waals surface area contributed by atoms with E-state index >= 15 is 0 Å². The molecule has 0 saturated carbocycles. The number of carbonyl (C=O) groups is 1. The largest absolute Gasteiger partial charge is 0.481 e. The van der Waals surface area contributed by atoms with Gasteiger partial charge in [0.1, 0.15) is 5.82 Å². The predicted octanol–water partition coefficient (Wildman–Crippen LogP) is 1.10. The highest BCUT2D eigenvalue weighted by Crippen LogP contribution is 2.04. The van der Waals surface area contributed by atoms with Crippen molar-refractivity contribution in [3.8, 4) is 0 Å². The van der Waals surface area contributed by atoms with Gasteiger partial charge in [-0.3, -0.25) is 4.79 Å². The molecule has 100 valence electrons. The summed E-state index contributed by atoms with van der Waals surface area (Å²) in [5.74, 6) is -1.12. The number of benzene rings is 1. The summed E-state index contributed by atoms with van der Waals surface area (Å²) in [5.41, 5.74) is 6.74. The van der Waals surface area contributed by atoms with Gasteiger partial charge < -0.3 is 15.7 Å². The molecule has 1 atom stereocenters. The Kier molecular flexibility index (Phi) is 5.74. The van der Waals surface area contributed by atoms with E-state index in [0.717, 1.165) is 18.5 Å². The van der Waals surface area contributed by atoms with Gasteiger partial charge in [-0.2, -0.15) is 0 Å². The van der Waals surface area contributed by atoms with Crippen LogP contribution in [0.15, 0.2) is 24.3 Å². The standard InChI is InChI=1S/C13H19FN2O2/c1-16(9-12(15)8-13(17)18)7-6-10-2-4-11(14)5-3-10/h2-5,12H,6-9,15H2,1H3,(H,17,18). The second kappa shape index (κ2) is 7.08. The van der Waals surface area contributed by atoms with Crippen LogP contribution in [0.5, 0.6) is 0 Å². The average molecular weight is 254 g/mol. The molecular formula is C13H19FN2O2. The Morgan fingerprint density at radius 2 is 2.06 bits per heavy atom. The smallest absolute Gasteiger partial charge is 0.304 e. The molecule has 3 N–H and O–H groups in total. The minimum absolute atomic E-state index is 0.0269. The third-order valence-electron chi connectivity index (χ3n) is 2.68. The van der Waals surface area contributed by atoms with Crippen LogP contribution in [0.4, 0.5) is 4.39 Å². The van der Waals surface area contributed by atoms with Crippen LogP contribution in [0.1, 0.15) is 12.0 Å². The van der Waals surface area contributed by atoms with E-state index in [-0.39, 0.29) is 18.3 Å². The van der Waals surface area contributed by atoms with E-state index in [0.29, 0.717) is 6.54 Å². The fraction of sp³-hybridized carbons (Fsp3) is 0.462. The van der Waals surface area contributed by atoms with E-state index in [1.807, 2.05) is 11.9 Å². The third kappa shape index (κ3) is 5.75. The number of aliphatic carboxylic acids is 1. The molecule has 0 aliphatic rings. The van der Waals surface area contributed by atoms with Crippen molar-refractivity contribution in [3.05, 3.63) is 35.6 Å². The first-order valence-corrected chi connectivity index (χ1v) is 5.87. The molecule has 0 heterocycles. The number of nitrogens with two attached hydrogens (primary N) is 1. The Labute approximate surface area is 106 Å². The number of rotatable bonds is 7. The second-order valence-corrected chi connectivity index (χ2v) is 4.50. The van der Waals surface area contributed by atoms with Gasteiger partial charge in [0.05, 0.1) is 6.42 Å². The molecule has 0 amide bonds. The minimum Gasteiger partial charge on any atom is -0.481 e. The molecule has 0 bridgehead atoms. The lowest BCUT2D eigenvalue weighted by molar-refractivity contribution is -0.137. The summed E-state index contributed by atoms with van der Waals surface area (Å²) in [6.07, 6.45) is 0.761. The molecule has 18 heavy (non-hydrogen) atoms. The van der Waals surface area contributed by atoms with Crippen LogP contribution in [0.25, 0.3) is 0 Å². The van der Waals surface area contributed by atoms with E-state index in [9.17, 15) is 9.18 Å². The quantitative estimate of drug-likeness (QED) is 0.764. The van der Waals surface area contributed by atoms with Gasteiger partial charge in [0.2, 0.25) is 0 Å². The zero-order chi connectivity index (χ0) is 13.5. The Morgan fingerprint density at radius 3 is 2.61 bits per heavy atom. The summed E-state index contributed by atoms with van der Waals surface area (Å²) in [4.78, 5) is 12.5. The first-order chi connectivity index (χ1) is 8.47. The van der Waals surface area contributed by atoms with Crippen LogP contribution in [0, 0.1) is 5.82 Å². The van der Waals surface area contributed by atoms with Gasteiger partial charge in [-0.25, -0.2) is 4.39 Å². The SMILES string of the molecule is CN(CCc1ccc(F)cc1)CC(N)CC(=O)O. The van der Waals surface area contributed by atoms with E-state index in [2.05, 4.69) is 0 Å². The van der Waals surface area contributed by atoms with Crippen LogP contribution < -0.4 is 5.73 Å². The molecule has 0 radical (unpaired) electrons. The summed E-state index contributed by atoms with van der Waals surface area (Å²) < 4.78 is 12.7. The van der Waals surface area contributed by atoms with E-state index in [1.54, 1.807) is 12.1 Å². The summed E-state index contributed by atoms with van der Waals surface area (Å²) in [6.45, 7) is 1.30. The number of halogens is 1. The molecular weight excluding hydrogens is 235 g/mol.